The molecular formula is C77H139NO18. The van der Waals surface area contributed by atoms with E-state index in [4.69, 9.17) is 28.4 Å². The molecular weight excluding hydrogens is 1230 g/mol. The summed E-state index contributed by atoms with van der Waals surface area (Å²) < 4.78 is 34.4. The minimum atomic E-state index is -1.97. The fourth-order valence-electron chi connectivity index (χ4n) is 12.9. The smallest absolute Gasteiger partial charge is 0.220 e. The van der Waals surface area contributed by atoms with Crippen molar-refractivity contribution in [1.29, 1.82) is 0 Å². The Labute approximate surface area is 579 Å². The Hall–Kier alpha value is -2.51. The summed E-state index contributed by atoms with van der Waals surface area (Å²) in [6.07, 6.45) is 46.5. The summed E-state index contributed by atoms with van der Waals surface area (Å²) in [6, 6.07) is -0.884. The Balaban J connectivity index is 1.24. The van der Waals surface area contributed by atoms with Crippen LogP contribution in [0.4, 0.5) is 0 Å². The van der Waals surface area contributed by atoms with Crippen molar-refractivity contribution in [3.63, 3.8) is 0 Å². The molecule has 3 aliphatic heterocycles. The van der Waals surface area contributed by atoms with Crippen LogP contribution in [0, 0.1) is 0 Å². The molecule has 0 spiro atoms. The number of hydrogen-bond acceptors (Lipinski definition) is 18. The number of ether oxygens (including phenoxy) is 6. The molecule has 0 aromatic carbocycles. The van der Waals surface area contributed by atoms with E-state index in [0.717, 1.165) is 77.0 Å². The van der Waals surface area contributed by atoms with Crippen molar-refractivity contribution >= 4 is 5.91 Å². The van der Waals surface area contributed by atoms with Gasteiger partial charge in [-0.1, -0.05) is 286 Å². The maximum Gasteiger partial charge on any atom is 0.220 e. The SMILES string of the molecule is CC/C=C\C/C=C\C/C=C\C/C=C\C/C=C\CCCCCCCCCCCCCCCCCCCCCCCCCCCC(=O)NC(COC1OC(CO)C(OC2OC(CO)C(OC3OC(CO)C(O)C(O)C3O)C(O)C2O)C(O)C1O)C(O)CCCCCCCCCCCC. The first-order valence-corrected chi connectivity index (χ1v) is 38.5. The zero-order valence-electron chi connectivity index (χ0n) is 59.6. The first-order valence-electron chi connectivity index (χ1n) is 38.5. The number of rotatable bonds is 60. The van der Waals surface area contributed by atoms with Gasteiger partial charge in [0.15, 0.2) is 18.9 Å². The summed E-state index contributed by atoms with van der Waals surface area (Å²) in [5.74, 6) is -0.241. The molecule has 17 unspecified atom stereocenters. The molecule has 0 aromatic heterocycles. The molecule has 3 aliphatic rings. The molecule has 560 valence electrons. The lowest BCUT2D eigenvalue weighted by atomic mass is 9.96. The van der Waals surface area contributed by atoms with Crippen LogP contribution in [0.15, 0.2) is 60.8 Å². The van der Waals surface area contributed by atoms with Gasteiger partial charge in [-0.05, 0) is 57.8 Å². The van der Waals surface area contributed by atoms with Crippen molar-refractivity contribution in [3.8, 4) is 0 Å². The number of hydrogen-bond donors (Lipinski definition) is 12. The average molecular weight is 1370 g/mol. The number of carbonyl (C=O) groups excluding carboxylic acids is 1. The van der Waals surface area contributed by atoms with Gasteiger partial charge in [-0.3, -0.25) is 4.79 Å². The van der Waals surface area contributed by atoms with Crippen molar-refractivity contribution < 1.29 is 89.4 Å². The lowest BCUT2D eigenvalue weighted by molar-refractivity contribution is -0.379. The third-order valence-corrected chi connectivity index (χ3v) is 19.1. The summed E-state index contributed by atoms with van der Waals surface area (Å²) in [4.78, 5) is 13.4. The Kier molecular flexibility index (Phi) is 53.0. The second-order valence-corrected chi connectivity index (χ2v) is 27.4. The molecule has 0 bridgehead atoms. The van der Waals surface area contributed by atoms with E-state index in [0.29, 0.717) is 12.8 Å². The van der Waals surface area contributed by atoms with Crippen molar-refractivity contribution in [1.82, 2.24) is 5.32 Å². The number of unbranched alkanes of at least 4 members (excludes halogenated alkanes) is 34. The number of carbonyl (C=O) groups is 1. The number of aliphatic hydroxyl groups excluding tert-OH is 11. The molecule has 3 saturated heterocycles. The third kappa shape index (κ3) is 38.5. The second kappa shape index (κ2) is 58.0. The summed E-state index contributed by atoms with van der Waals surface area (Å²) in [6.45, 7) is 1.67. The molecule has 0 saturated carbocycles. The molecule has 1 amide bonds. The lowest BCUT2D eigenvalue weighted by Crippen LogP contribution is -2.66. The van der Waals surface area contributed by atoms with E-state index in [1.54, 1.807) is 0 Å². The van der Waals surface area contributed by atoms with Gasteiger partial charge in [0, 0.05) is 6.42 Å². The van der Waals surface area contributed by atoms with Crippen molar-refractivity contribution in [3.05, 3.63) is 60.8 Å². The zero-order valence-corrected chi connectivity index (χ0v) is 59.6. The van der Waals surface area contributed by atoms with Crippen LogP contribution >= 0.6 is 0 Å². The van der Waals surface area contributed by atoms with E-state index < -0.39 is 124 Å². The van der Waals surface area contributed by atoms with Gasteiger partial charge in [0.05, 0.1) is 38.6 Å². The molecule has 3 rings (SSSR count). The van der Waals surface area contributed by atoms with Crippen LogP contribution in [0.25, 0.3) is 0 Å². The third-order valence-electron chi connectivity index (χ3n) is 19.1. The van der Waals surface area contributed by atoms with Crippen molar-refractivity contribution in [2.24, 2.45) is 0 Å². The van der Waals surface area contributed by atoms with Crippen molar-refractivity contribution in [2.75, 3.05) is 26.4 Å². The Bertz CT molecular complexity index is 1970. The Morgan fingerprint density at radius 2 is 0.719 bits per heavy atom. The average Bonchev–Trinajstić information content (AvgIpc) is 0.849. The monoisotopic (exact) mass is 1370 g/mol. The van der Waals surface area contributed by atoms with Gasteiger partial charge in [-0.25, -0.2) is 0 Å². The van der Waals surface area contributed by atoms with Crippen LogP contribution in [0.3, 0.4) is 0 Å². The Morgan fingerprint density at radius 3 is 1.12 bits per heavy atom. The van der Waals surface area contributed by atoms with E-state index >= 15 is 0 Å². The predicted molar refractivity (Wildman–Crippen MR) is 379 cm³/mol. The van der Waals surface area contributed by atoms with Gasteiger partial charge in [-0.2, -0.15) is 0 Å². The number of allylic oxidation sites excluding steroid dienone is 10. The molecule has 0 aliphatic carbocycles. The summed E-state index contributed by atoms with van der Waals surface area (Å²) in [5.41, 5.74) is 0. The highest BCUT2D eigenvalue weighted by molar-refractivity contribution is 5.76. The highest BCUT2D eigenvalue weighted by Gasteiger charge is 2.53. The van der Waals surface area contributed by atoms with Crippen LogP contribution in [0.2, 0.25) is 0 Å². The van der Waals surface area contributed by atoms with E-state index in [-0.39, 0.29) is 18.9 Å². The molecule has 17 atom stereocenters. The molecule has 12 N–H and O–H groups in total. The van der Waals surface area contributed by atoms with Crippen molar-refractivity contribution in [2.45, 2.75) is 394 Å². The predicted octanol–water partition coefficient (Wildman–Crippen LogP) is 11.9. The quantitative estimate of drug-likeness (QED) is 0.0199. The fourth-order valence-corrected chi connectivity index (χ4v) is 12.9. The summed E-state index contributed by atoms with van der Waals surface area (Å²) in [5, 5.41) is 121. The topological polar surface area (TPSA) is 307 Å². The van der Waals surface area contributed by atoms with Crippen LogP contribution in [-0.2, 0) is 33.2 Å². The number of amides is 1. The maximum atomic E-state index is 13.4. The standard InChI is InChI=1S/C77H139NO18/c1-3-5-7-9-11-13-15-16-17-18-19-20-21-22-23-24-25-26-27-28-29-30-31-32-33-34-35-36-37-38-39-40-41-42-43-44-45-47-49-51-53-55-65(83)78-60(61(82)54-52-50-48-46-14-12-10-8-6-4-2)59-91-75-71(89)68(86)73(63(57-80)93-75)96-77-72(90)69(87)74(64(58-81)94-77)95-76-70(88)67(85)66(84)62(56-79)92-76/h5,7,11,13,16-17,19-20,22-23,60-64,66-77,79-82,84-90H,3-4,6,8-10,12,14-15,18,21,24-59H2,1-2H3,(H,78,83)/b7-5-,13-11-,17-16-,20-19-,23-22-. The molecule has 3 heterocycles. The molecule has 96 heavy (non-hydrogen) atoms. The first-order chi connectivity index (χ1) is 46.8. The normalized spacial score (nSPS) is 27.4. The number of nitrogens with one attached hydrogen (secondary N) is 1. The number of aliphatic hydroxyl groups is 11. The molecule has 0 radical (unpaired) electrons. The highest BCUT2D eigenvalue weighted by Crippen LogP contribution is 2.33. The molecule has 3 fully saturated rings. The maximum absolute atomic E-state index is 13.4. The van der Waals surface area contributed by atoms with Gasteiger partial charge in [-0.15, -0.1) is 0 Å². The molecule has 19 nitrogen and oxygen atoms in total. The summed E-state index contributed by atoms with van der Waals surface area (Å²) in [7, 11) is 0. The van der Waals surface area contributed by atoms with Gasteiger partial charge < -0.3 is 89.9 Å². The van der Waals surface area contributed by atoms with E-state index in [1.165, 1.54) is 180 Å². The van der Waals surface area contributed by atoms with E-state index in [9.17, 15) is 61.0 Å². The highest BCUT2D eigenvalue weighted by atomic mass is 16.8. The molecule has 19 heteroatoms. The second-order valence-electron chi connectivity index (χ2n) is 27.4. The van der Waals surface area contributed by atoms with Gasteiger partial charge >= 0.3 is 0 Å². The van der Waals surface area contributed by atoms with E-state index in [1.807, 2.05) is 0 Å². The molecule has 0 aromatic rings. The van der Waals surface area contributed by atoms with Crippen LogP contribution in [0.1, 0.15) is 290 Å². The van der Waals surface area contributed by atoms with Gasteiger partial charge in [0.2, 0.25) is 5.91 Å². The Morgan fingerprint density at radius 1 is 0.385 bits per heavy atom. The van der Waals surface area contributed by atoms with E-state index in [2.05, 4.69) is 79.9 Å². The largest absolute Gasteiger partial charge is 0.394 e. The van der Waals surface area contributed by atoms with Crippen LogP contribution < -0.4 is 5.32 Å². The minimum Gasteiger partial charge on any atom is -0.394 e. The minimum absolute atomic E-state index is 0.241. The van der Waals surface area contributed by atoms with Gasteiger partial charge in [0.1, 0.15) is 73.2 Å². The fraction of sp³-hybridized carbons (Fsp3) is 0.857. The summed E-state index contributed by atoms with van der Waals surface area (Å²) >= 11 is 0. The zero-order chi connectivity index (χ0) is 69.6. The lowest BCUT2D eigenvalue weighted by Gasteiger charge is -2.48. The first kappa shape index (κ1) is 87.7. The van der Waals surface area contributed by atoms with Crippen LogP contribution in [0.5, 0.6) is 0 Å². The van der Waals surface area contributed by atoms with Crippen LogP contribution in [-0.4, -0.2) is 193 Å². The van der Waals surface area contributed by atoms with Gasteiger partial charge in [0.25, 0.3) is 0 Å².